The van der Waals surface area contributed by atoms with Crippen LogP contribution in [0.15, 0.2) is 42.5 Å². The second kappa shape index (κ2) is 8.83. The third-order valence-electron chi connectivity index (χ3n) is 3.92. The van der Waals surface area contributed by atoms with Gasteiger partial charge in [-0.1, -0.05) is 11.6 Å². The van der Waals surface area contributed by atoms with E-state index in [1.807, 2.05) is 0 Å². The Labute approximate surface area is 176 Å². The molecule has 0 radical (unpaired) electrons. The summed E-state index contributed by atoms with van der Waals surface area (Å²) in [7, 11) is 1.73. The third-order valence-corrected chi connectivity index (χ3v) is 4.16. The molecule has 0 saturated heterocycles. The van der Waals surface area contributed by atoms with Crippen molar-refractivity contribution >= 4 is 29.1 Å². The lowest BCUT2D eigenvalue weighted by Gasteiger charge is -2.35. The van der Waals surface area contributed by atoms with Crippen LogP contribution in [0.25, 0.3) is 0 Å². The highest BCUT2D eigenvalue weighted by Crippen LogP contribution is 2.29. The number of alkyl halides is 3. The van der Waals surface area contributed by atoms with Gasteiger partial charge < -0.3 is 10.1 Å². The van der Waals surface area contributed by atoms with Gasteiger partial charge in [-0.25, -0.2) is 5.01 Å². The van der Waals surface area contributed by atoms with Crippen LogP contribution in [0.1, 0.15) is 41.5 Å². The summed E-state index contributed by atoms with van der Waals surface area (Å²) in [6.45, 7) is 5.01. The maximum absolute atomic E-state index is 13.0. The predicted octanol–water partition coefficient (Wildman–Crippen LogP) is 4.87. The third kappa shape index (κ3) is 6.03. The van der Waals surface area contributed by atoms with Gasteiger partial charge in [0.05, 0.1) is 11.1 Å². The molecule has 10 heteroatoms. The molecule has 2 N–H and O–H groups in total. The standard InChI is InChI=1S/C20H21ClF3N3O3/c1-19(2,3)27(18(29)12-5-8-14(25-4)9-6-12)26-17(28)15-10-7-13(21)11-16(15)30-20(22,23)24/h5-11,25H,1-4H3,(H,26,28). The Bertz CT molecular complexity index is 926. The van der Waals surface area contributed by atoms with E-state index in [0.717, 1.165) is 22.8 Å². The van der Waals surface area contributed by atoms with Crippen molar-refractivity contribution < 1.29 is 27.5 Å². The first-order valence-corrected chi connectivity index (χ1v) is 9.18. The van der Waals surface area contributed by atoms with Crippen molar-refractivity contribution in [3.05, 3.63) is 58.6 Å². The quantitative estimate of drug-likeness (QED) is 0.662. The van der Waals surface area contributed by atoms with E-state index in [2.05, 4.69) is 15.5 Å². The topological polar surface area (TPSA) is 70.7 Å². The molecule has 0 fully saturated rings. The van der Waals surface area contributed by atoms with Gasteiger partial charge in [-0.15, -0.1) is 13.2 Å². The van der Waals surface area contributed by atoms with E-state index in [0.29, 0.717) is 0 Å². The van der Waals surface area contributed by atoms with E-state index >= 15 is 0 Å². The van der Waals surface area contributed by atoms with E-state index in [-0.39, 0.29) is 10.6 Å². The Morgan fingerprint density at radius 1 is 1.03 bits per heavy atom. The molecule has 0 saturated carbocycles. The molecule has 0 aliphatic carbocycles. The second-order valence-corrected chi connectivity index (χ2v) is 7.70. The Hall–Kier alpha value is -2.94. The summed E-state index contributed by atoms with van der Waals surface area (Å²) in [5.74, 6) is -2.26. The number of nitrogens with one attached hydrogen (secondary N) is 2. The first-order valence-electron chi connectivity index (χ1n) is 8.80. The number of rotatable bonds is 4. The van der Waals surface area contributed by atoms with Crippen LogP contribution < -0.4 is 15.5 Å². The highest BCUT2D eigenvalue weighted by Gasteiger charge is 2.34. The van der Waals surface area contributed by atoms with Gasteiger partial charge >= 0.3 is 6.36 Å². The van der Waals surface area contributed by atoms with Crippen molar-refractivity contribution in [2.45, 2.75) is 32.7 Å². The van der Waals surface area contributed by atoms with Gasteiger partial charge in [0.25, 0.3) is 11.8 Å². The average molecular weight is 444 g/mol. The molecule has 0 unspecified atom stereocenters. The zero-order valence-electron chi connectivity index (χ0n) is 16.7. The van der Waals surface area contributed by atoms with E-state index in [4.69, 9.17) is 11.6 Å². The molecule has 0 spiro atoms. The van der Waals surface area contributed by atoms with Crippen LogP contribution in [0.3, 0.4) is 0 Å². The summed E-state index contributed by atoms with van der Waals surface area (Å²) in [6.07, 6.45) is -5.02. The molecule has 30 heavy (non-hydrogen) atoms. The summed E-state index contributed by atoms with van der Waals surface area (Å²) >= 11 is 5.74. The van der Waals surface area contributed by atoms with Crippen LogP contribution in [0, 0.1) is 0 Å². The molecule has 2 rings (SSSR count). The summed E-state index contributed by atoms with van der Waals surface area (Å²) in [4.78, 5) is 25.7. The van der Waals surface area contributed by atoms with Crippen molar-refractivity contribution in [2.75, 3.05) is 12.4 Å². The lowest BCUT2D eigenvalue weighted by molar-refractivity contribution is -0.274. The molecule has 2 aromatic carbocycles. The predicted molar refractivity (Wildman–Crippen MR) is 108 cm³/mol. The van der Waals surface area contributed by atoms with E-state index < -0.39 is 35.0 Å². The first kappa shape index (κ1) is 23.3. The Balaban J connectivity index is 2.35. The van der Waals surface area contributed by atoms with Crippen LogP contribution in [0.4, 0.5) is 18.9 Å². The molecule has 0 heterocycles. The fraction of sp³-hybridized carbons (Fsp3) is 0.300. The van der Waals surface area contributed by atoms with Gasteiger partial charge in [0.15, 0.2) is 0 Å². The van der Waals surface area contributed by atoms with Gasteiger partial charge in [0.2, 0.25) is 0 Å². The Morgan fingerprint density at radius 3 is 2.13 bits per heavy atom. The molecule has 0 aromatic heterocycles. The van der Waals surface area contributed by atoms with Gasteiger partial charge in [0, 0.05) is 23.3 Å². The van der Waals surface area contributed by atoms with Gasteiger partial charge in [0.1, 0.15) is 5.75 Å². The average Bonchev–Trinajstić information content (AvgIpc) is 2.63. The van der Waals surface area contributed by atoms with E-state index in [1.165, 1.54) is 6.07 Å². The number of hydrogen-bond donors (Lipinski definition) is 2. The van der Waals surface area contributed by atoms with Gasteiger partial charge in [-0.2, -0.15) is 0 Å². The number of carbonyl (C=O) groups excluding carboxylic acids is 2. The molecule has 6 nitrogen and oxygen atoms in total. The number of hydrazine groups is 1. The fourth-order valence-corrected chi connectivity index (χ4v) is 2.65. The summed E-state index contributed by atoms with van der Waals surface area (Å²) in [6, 6.07) is 9.72. The fourth-order valence-electron chi connectivity index (χ4n) is 2.49. The van der Waals surface area contributed by atoms with Crippen LogP contribution in [0.5, 0.6) is 5.75 Å². The molecule has 162 valence electrons. The largest absolute Gasteiger partial charge is 0.573 e. The smallest absolute Gasteiger partial charge is 0.405 e. The van der Waals surface area contributed by atoms with E-state index in [1.54, 1.807) is 52.1 Å². The number of ether oxygens (including phenoxy) is 1. The SMILES string of the molecule is CNc1ccc(C(=O)N(NC(=O)c2ccc(Cl)cc2OC(F)(F)F)C(C)(C)C)cc1. The lowest BCUT2D eigenvalue weighted by Crippen LogP contribution is -2.55. The normalized spacial score (nSPS) is 11.6. The monoisotopic (exact) mass is 443 g/mol. The highest BCUT2D eigenvalue weighted by molar-refractivity contribution is 6.30. The Morgan fingerprint density at radius 2 is 1.63 bits per heavy atom. The number of benzene rings is 2. The molecule has 0 aliphatic rings. The molecular formula is C20H21ClF3N3O3. The number of halogens is 4. The van der Waals surface area contributed by atoms with Crippen LogP contribution in [-0.2, 0) is 0 Å². The van der Waals surface area contributed by atoms with Crippen LogP contribution in [-0.4, -0.2) is 35.8 Å². The minimum absolute atomic E-state index is 0.0424. The Kier molecular flexibility index (Phi) is 6.87. The zero-order chi connectivity index (χ0) is 22.7. The van der Waals surface area contributed by atoms with Gasteiger partial charge in [-0.05, 0) is 63.2 Å². The van der Waals surface area contributed by atoms with Crippen molar-refractivity contribution in [2.24, 2.45) is 0 Å². The van der Waals surface area contributed by atoms with Crippen LogP contribution in [0.2, 0.25) is 5.02 Å². The van der Waals surface area contributed by atoms with Gasteiger partial charge in [-0.3, -0.25) is 15.0 Å². The molecule has 0 bridgehead atoms. The van der Waals surface area contributed by atoms with Crippen molar-refractivity contribution in [3.63, 3.8) is 0 Å². The second-order valence-electron chi connectivity index (χ2n) is 7.27. The molecule has 2 aromatic rings. The number of carbonyl (C=O) groups is 2. The number of amides is 2. The molecular weight excluding hydrogens is 423 g/mol. The zero-order valence-corrected chi connectivity index (χ0v) is 17.5. The minimum atomic E-state index is -5.02. The molecule has 0 aliphatic heterocycles. The number of nitrogens with zero attached hydrogens (tertiary/aromatic N) is 1. The highest BCUT2D eigenvalue weighted by atomic mass is 35.5. The van der Waals surface area contributed by atoms with Crippen LogP contribution >= 0.6 is 11.6 Å². The summed E-state index contributed by atoms with van der Waals surface area (Å²) < 4.78 is 42.1. The van der Waals surface area contributed by atoms with Crippen molar-refractivity contribution in [3.8, 4) is 5.75 Å². The summed E-state index contributed by atoms with van der Waals surface area (Å²) in [5, 5.41) is 3.93. The summed E-state index contributed by atoms with van der Waals surface area (Å²) in [5.41, 5.74) is 2.14. The molecule has 0 atom stereocenters. The lowest BCUT2D eigenvalue weighted by atomic mass is 10.1. The van der Waals surface area contributed by atoms with E-state index in [9.17, 15) is 22.8 Å². The number of hydrogen-bond acceptors (Lipinski definition) is 4. The molecule has 2 amide bonds. The maximum Gasteiger partial charge on any atom is 0.573 e. The van der Waals surface area contributed by atoms with Crippen molar-refractivity contribution in [1.82, 2.24) is 10.4 Å². The maximum atomic E-state index is 13.0. The minimum Gasteiger partial charge on any atom is -0.405 e. The first-order chi connectivity index (χ1) is 13.8. The number of anilines is 1. The van der Waals surface area contributed by atoms with Crippen molar-refractivity contribution in [1.29, 1.82) is 0 Å².